The number of rotatable bonds is 15. The molecule has 0 aliphatic carbocycles. The van der Waals surface area contributed by atoms with E-state index in [0.29, 0.717) is 35.5 Å². The van der Waals surface area contributed by atoms with Gasteiger partial charge >= 0.3 is 11.9 Å². The maximum absolute atomic E-state index is 12.1. The number of thioether (sulfide) groups is 2. The molecule has 0 aromatic carbocycles. The highest BCUT2D eigenvalue weighted by Gasteiger charge is 2.24. The number of hydrogen-bond acceptors (Lipinski definition) is 8. The lowest BCUT2D eigenvalue weighted by atomic mass is 9.94. The minimum Gasteiger partial charge on any atom is -0.462 e. The van der Waals surface area contributed by atoms with E-state index in [4.69, 9.17) is 14.6 Å². The van der Waals surface area contributed by atoms with Crippen LogP contribution in [0.15, 0.2) is 0 Å². The zero-order valence-electron chi connectivity index (χ0n) is 18.1. The molecule has 0 saturated carbocycles. The molecule has 0 fully saturated rings. The van der Waals surface area contributed by atoms with Crippen molar-refractivity contribution in [1.82, 2.24) is 0 Å². The van der Waals surface area contributed by atoms with Gasteiger partial charge in [-0.1, -0.05) is 34.6 Å². The van der Waals surface area contributed by atoms with Crippen molar-refractivity contribution in [3.05, 3.63) is 0 Å². The van der Waals surface area contributed by atoms with Crippen LogP contribution in [-0.2, 0) is 19.1 Å². The highest BCUT2D eigenvalue weighted by molar-refractivity contribution is 8.00. The van der Waals surface area contributed by atoms with Crippen LogP contribution in [0.5, 0.6) is 0 Å². The maximum Gasteiger partial charge on any atom is 0.305 e. The number of esters is 2. The van der Waals surface area contributed by atoms with Gasteiger partial charge in [0.25, 0.3) is 0 Å². The number of aliphatic hydroxyl groups is 2. The summed E-state index contributed by atoms with van der Waals surface area (Å²) in [5.74, 6) is 1.07. The Balaban J connectivity index is 4.41. The van der Waals surface area contributed by atoms with Crippen molar-refractivity contribution >= 4 is 35.5 Å². The summed E-state index contributed by atoms with van der Waals surface area (Å²) in [6.45, 7) is 11.7. The first-order valence-corrected chi connectivity index (χ1v) is 12.0. The number of aliphatic hydroxyl groups excluding tert-OH is 2. The van der Waals surface area contributed by atoms with Gasteiger partial charge in [-0.15, -0.1) is 0 Å². The molecule has 166 valence electrons. The summed E-state index contributed by atoms with van der Waals surface area (Å²) in [6, 6.07) is 0. The molecule has 0 heterocycles. The van der Waals surface area contributed by atoms with Crippen molar-refractivity contribution in [3.63, 3.8) is 0 Å². The summed E-state index contributed by atoms with van der Waals surface area (Å²) in [7, 11) is 0. The fraction of sp³-hybridized carbons (Fsp3) is 0.900. The molecule has 0 spiro atoms. The molecule has 0 bridgehead atoms. The summed E-state index contributed by atoms with van der Waals surface area (Å²) in [5.41, 5.74) is 0. The average Bonchev–Trinajstić information content (AvgIpc) is 2.61. The van der Waals surface area contributed by atoms with Gasteiger partial charge in [0.1, 0.15) is 12.7 Å². The maximum atomic E-state index is 12.1. The van der Waals surface area contributed by atoms with Crippen molar-refractivity contribution < 1.29 is 29.3 Å². The molecule has 8 heteroatoms. The Morgan fingerprint density at radius 1 is 1.04 bits per heavy atom. The highest BCUT2D eigenvalue weighted by atomic mass is 32.2. The standard InChI is InChI=1S/C20H38O6S2/c1-13(2)20(28-11-17(23)9-21)15(5)7-8-19(24)25-10-18(26-16(6)22)12-27-14(3)4/h13-15,17-18,20-21,23H,7-12H2,1-6H3. The molecule has 0 amide bonds. The Bertz CT molecular complexity index is 444. The van der Waals surface area contributed by atoms with Crippen LogP contribution >= 0.6 is 23.5 Å². The first kappa shape index (κ1) is 27.6. The third kappa shape index (κ3) is 13.7. The minimum atomic E-state index is -0.717. The molecule has 6 nitrogen and oxygen atoms in total. The molecule has 0 radical (unpaired) electrons. The fourth-order valence-corrected chi connectivity index (χ4v) is 4.87. The van der Waals surface area contributed by atoms with Gasteiger partial charge in [0.05, 0.1) is 12.7 Å². The molecule has 0 aromatic heterocycles. The summed E-state index contributed by atoms with van der Waals surface area (Å²) in [4.78, 5) is 23.4. The number of ether oxygens (including phenoxy) is 2. The molecule has 28 heavy (non-hydrogen) atoms. The van der Waals surface area contributed by atoms with E-state index in [2.05, 4.69) is 34.6 Å². The molecular formula is C20H38O6S2. The lowest BCUT2D eigenvalue weighted by Crippen LogP contribution is -2.28. The van der Waals surface area contributed by atoms with Gasteiger partial charge in [-0.2, -0.15) is 23.5 Å². The third-order valence-electron chi connectivity index (χ3n) is 4.09. The van der Waals surface area contributed by atoms with E-state index in [1.165, 1.54) is 6.92 Å². The lowest BCUT2D eigenvalue weighted by Gasteiger charge is -2.27. The lowest BCUT2D eigenvalue weighted by molar-refractivity contribution is -0.156. The normalized spacial score (nSPS) is 15.9. The van der Waals surface area contributed by atoms with Gasteiger partial charge in [-0.25, -0.2) is 0 Å². The van der Waals surface area contributed by atoms with Gasteiger partial charge < -0.3 is 19.7 Å². The number of hydrogen-bond donors (Lipinski definition) is 2. The Morgan fingerprint density at radius 2 is 1.68 bits per heavy atom. The predicted octanol–water partition coefficient (Wildman–Crippen LogP) is 3.13. The van der Waals surface area contributed by atoms with E-state index >= 15 is 0 Å². The van der Waals surface area contributed by atoms with E-state index in [0.717, 1.165) is 0 Å². The van der Waals surface area contributed by atoms with Crippen molar-refractivity contribution in [2.75, 3.05) is 24.7 Å². The Morgan fingerprint density at radius 3 is 2.18 bits per heavy atom. The molecule has 0 aliphatic rings. The van der Waals surface area contributed by atoms with E-state index in [9.17, 15) is 14.7 Å². The summed E-state index contributed by atoms with van der Waals surface area (Å²) in [6.07, 6.45) is -0.156. The van der Waals surface area contributed by atoms with Gasteiger partial charge in [-0.05, 0) is 23.5 Å². The smallest absolute Gasteiger partial charge is 0.305 e. The van der Waals surface area contributed by atoms with Crippen molar-refractivity contribution in [1.29, 1.82) is 0 Å². The number of carbonyl (C=O) groups is 2. The zero-order chi connectivity index (χ0) is 21.7. The summed E-state index contributed by atoms with van der Waals surface area (Å²) in [5, 5.41) is 19.2. The van der Waals surface area contributed by atoms with Gasteiger partial charge in [0.2, 0.25) is 0 Å². The quantitative estimate of drug-likeness (QED) is 0.377. The van der Waals surface area contributed by atoms with E-state index in [1.807, 2.05) is 0 Å². The molecule has 4 atom stereocenters. The van der Waals surface area contributed by atoms with Crippen LogP contribution in [0, 0.1) is 11.8 Å². The van der Waals surface area contributed by atoms with Gasteiger partial charge in [0, 0.05) is 30.1 Å². The zero-order valence-corrected chi connectivity index (χ0v) is 19.7. The van der Waals surface area contributed by atoms with Crippen LogP contribution in [0.1, 0.15) is 54.4 Å². The molecule has 0 aromatic rings. The average molecular weight is 439 g/mol. The predicted molar refractivity (Wildman–Crippen MR) is 117 cm³/mol. The van der Waals surface area contributed by atoms with Crippen LogP contribution in [0.25, 0.3) is 0 Å². The van der Waals surface area contributed by atoms with E-state index in [1.54, 1.807) is 23.5 Å². The molecule has 0 rings (SSSR count). The summed E-state index contributed by atoms with van der Waals surface area (Å²) < 4.78 is 10.6. The third-order valence-corrected chi connectivity index (χ3v) is 7.29. The monoisotopic (exact) mass is 438 g/mol. The first-order valence-electron chi connectivity index (χ1n) is 9.91. The Labute approximate surface area is 178 Å². The van der Waals surface area contributed by atoms with Crippen LogP contribution in [0.3, 0.4) is 0 Å². The van der Waals surface area contributed by atoms with Crippen LogP contribution in [0.4, 0.5) is 0 Å². The second-order valence-electron chi connectivity index (χ2n) is 7.69. The SMILES string of the molecule is CC(=O)OC(COC(=O)CCC(C)C(SCC(O)CO)C(C)C)CSC(C)C. The Kier molecular flexibility index (Phi) is 15.2. The Hall–Kier alpha value is -0.440. The van der Waals surface area contributed by atoms with E-state index in [-0.39, 0.29) is 36.3 Å². The second kappa shape index (κ2) is 15.4. The molecule has 0 saturated heterocycles. The molecular weight excluding hydrogens is 400 g/mol. The largest absolute Gasteiger partial charge is 0.462 e. The fourth-order valence-electron chi connectivity index (χ4n) is 2.71. The number of carbonyl (C=O) groups excluding carboxylic acids is 2. The van der Waals surface area contributed by atoms with Crippen LogP contribution < -0.4 is 0 Å². The minimum absolute atomic E-state index is 0.0809. The van der Waals surface area contributed by atoms with Crippen LogP contribution in [0.2, 0.25) is 0 Å². The van der Waals surface area contributed by atoms with Crippen molar-refractivity contribution in [2.45, 2.75) is 77.1 Å². The summed E-state index contributed by atoms with van der Waals surface area (Å²) >= 11 is 3.29. The van der Waals surface area contributed by atoms with Crippen molar-refractivity contribution in [2.24, 2.45) is 11.8 Å². The highest BCUT2D eigenvalue weighted by Crippen LogP contribution is 2.30. The molecule has 2 N–H and O–H groups in total. The molecule has 4 unspecified atom stereocenters. The van der Waals surface area contributed by atoms with Crippen molar-refractivity contribution in [3.8, 4) is 0 Å². The second-order valence-corrected chi connectivity index (χ2v) is 10.5. The first-order chi connectivity index (χ1) is 13.1. The molecule has 0 aliphatic heterocycles. The van der Waals surface area contributed by atoms with Gasteiger partial charge in [0.15, 0.2) is 0 Å². The topological polar surface area (TPSA) is 93.1 Å². The van der Waals surface area contributed by atoms with Gasteiger partial charge in [-0.3, -0.25) is 9.59 Å². The van der Waals surface area contributed by atoms with E-state index < -0.39 is 12.2 Å². The van der Waals surface area contributed by atoms with Crippen LogP contribution in [-0.4, -0.2) is 69.6 Å².